The fraction of sp³-hybridized carbons (Fsp3) is 0.840. The van der Waals surface area contributed by atoms with Crippen molar-refractivity contribution in [2.24, 2.45) is 28.6 Å². The molecule has 0 saturated heterocycles. The van der Waals surface area contributed by atoms with Crippen molar-refractivity contribution in [3.63, 3.8) is 0 Å². The van der Waals surface area contributed by atoms with Crippen LogP contribution in [0.15, 0.2) is 11.6 Å². The van der Waals surface area contributed by atoms with Crippen LogP contribution in [0, 0.1) is 28.6 Å². The molecule has 0 aliphatic heterocycles. The number of aliphatic hydroxyl groups is 1. The summed E-state index contributed by atoms with van der Waals surface area (Å²) in [5.74, 6) is 0.736. The number of hydrogen-bond donors (Lipinski definition) is 1. The number of carbonyl (C=O) groups excluding carboxylic acids is 2. The number of rotatable bonds is 9. The zero-order valence-corrected chi connectivity index (χ0v) is 19.8. The third kappa shape index (κ3) is 6.09. The van der Waals surface area contributed by atoms with Crippen LogP contribution >= 0.6 is 0 Å². The summed E-state index contributed by atoms with van der Waals surface area (Å²) < 4.78 is 10.1. The van der Waals surface area contributed by atoms with E-state index in [-0.39, 0.29) is 30.5 Å². The predicted molar refractivity (Wildman–Crippen MR) is 118 cm³/mol. The van der Waals surface area contributed by atoms with Crippen molar-refractivity contribution in [3.8, 4) is 0 Å². The van der Waals surface area contributed by atoms with Gasteiger partial charge in [-0.2, -0.15) is 0 Å². The molecule has 0 heterocycles. The van der Waals surface area contributed by atoms with E-state index in [2.05, 4.69) is 40.7 Å². The van der Waals surface area contributed by atoms with Crippen LogP contribution < -0.4 is 0 Å². The normalized spacial score (nSPS) is 29.9. The molecule has 2 rings (SSSR count). The first-order valence-electron chi connectivity index (χ1n) is 11.6. The number of esters is 2. The van der Waals surface area contributed by atoms with Gasteiger partial charge < -0.3 is 14.6 Å². The van der Waals surface area contributed by atoms with Crippen molar-refractivity contribution in [2.45, 2.75) is 92.6 Å². The molecule has 0 radical (unpaired) electrons. The van der Waals surface area contributed by atoms with E-state index in [0.29, 0.717) is 23.7 Å². The molecule has 0 aromatic carbocycles. The topological polar surface area (TPSA) is 72.8 Å². The summed E-state index contributed by atoms with van der Waals surface area (Å²) >= 11 is 0. The van der Waals surface area contributed by atoms with Crippen LogP contribution in [0.4, 0.5) is 0 Å². The highest BCUT2D eigenvalue weighted by molar-refractivity contribution is 5.70. The van der Waals surface area contributed by atoms with E-state index in [1.807, 2.05) is 0 Å². The number of hydrogen-bond acceptors (Lipinski definition) is 5. The molecule has 2 aliphatic carbocycles. The Labute approximate surface area is 182 Å². The van der Waals surface area contributed by atoms with Crippen LogP contribution in [0.1, 0.15) is 86.5 Å². The van der Waals surface area contributed by atoms with Crippen LogP contribution in [0.5, 0.6) is 0 Å². The molecule has 5 heteroatoms. The van der Waals surface area contributed by atoms with Gasteiger partial charge in [-0.25, -0.2) is 0 Å². The average Bonchev–Trinajstić information content (AvgIpc) is 2.66. The maximum Gasteiger partial charge on any atom is 0.306 e. The number of fused-ring (bicyclic) bond motifs is 1. The molecule has 0 aromatic rings. The Morgan fingerprint density at radius 2 is 1.97 bits per heavy atom. The fourth-order valence-corrected chi connectivity index (χ4v) is 5.43. The Hall–Kier alpha value is -1.36. The minimum absolute atomic E-state index is 0.104. The largest absolute Gasteiger partial charge is 0.462 e. The molecule has 5 atom stereocenters. The third-order valence-corrected chi connectivity index (χ3v) is 7.75. The Balaban J connectivity index is 1.92. The number of aliphatic hydroxyl groups excluding tert-OH is 1. The molecule has 0 aromatic heterocycles. The third-order valence-electron chi connectivity index (χ3n) is 7.75. The Morgan fingerprint density at radius 1 is 1.27 bits per heavy atom. The lowest BCUT2D eigenvalue weighted by Gasteiger charge is -2.53. The standard InChI is InChI=1S/C25H42O5/c1-17(14-23(28)30-20(15-26)16-29-19(3)27)11-13-25(6)18(2)9-10-21-22(25)8-7-12-24(21,4)5/h8,17-18,20-21,26H,7,9-16H2,1-6H3/t17?,18-,20-,21?,25-/m0/s1. The molecule has 0 bridgehead atoms. The highest BCUT2D eigenvalue weighted by Gasteiger charge is 2.47. The summed E-state index contributed by atoms with van der Waals surface area (Å²) in [5, 5.41) is 9.34. The van der Waals surface area contributed by atoms with E-state index in [9.17, 15) is 14.7 Å². The molecule has 2 aliphatic rings. The Kier molecular flexibility index (Phi) is 8.55. The minimum Gasteiger partial charge on any atom is -0.462 e. The van der Waals surface area contributed by atoms with Gasteiger partial charge in [0, 0.05) is 13.3 Å². The van der Waals surface area contributed by atoms with Gasteiger partial charge >= 0.3 is 11.9 Å². The van der Waals surface area contributed by atoms with Crippen molar-refractivity contribution >= 4 is 11.9 Å². The van der Waals surface area contributed by atoms with Crippen molar-refractivity contribution in [2.75, 3.05) is 13.2 Å². The number of carbonyl (C=O) groups is 2. The summed E-state index contributed by atoms with van der Waals surface area (Å²) in [7, 11) is 0. The maximum atomic E-state index is 12.3. The minimum atomic E-state index is -0.792. The van der Waals surface area contributed by atoms with Gasteiger partial charge in [0.2, 0.25) is 0 Å². The molecule has 5 nitrogen and oxygen atoms in total. The second-order valence-electron chi connectivity index (χ2n) is 10.6. The van der Waals surface area contributed by atoms with Gasteiger partial charge in [-0.15, -0.1) is 0 Å². The highest BCUT2D eigenvalue weighted by Crippen LogP contribution is 2.58. The maximum absolute atomic E-state index is 12.3. The highest BCUT2D eigenvalue weighted by atomic mass is 16.6. The van der Waals surface area contributed by atoms with E-state index in [1.54, 1.807) is 5.57 Å². The van der Waals surface area contributed by atoms with Crippen molar-refractivity contribution in [1.82, 2.24) is 0 Å². The van der Waals surface area contributed by atoms with Crippen LogP contribution in [0.2, 0.25) is 0 Å². The number of ether oxygens (including phenoxy) is 2. The molecule has 0 spiro atoms. The van der Waals surface area contributed by atoms with Crippen molar-refractivity contribution in [3.05, 3.63) is 11.6 Å². The van der Waals surface area contributed by atoms with Crippen molar-refractivity contribution in [1.29, 1.82) is 0 Å². The average molecular weight is 423 g/mol. The molecule has 2 unspecified atom stereocenters. The van der Waals surface area contributed by atoms with Gasteiger partial charge in [0.1, 0.15) is 6.61 Å². The fourth-order valence-electron chi connectivity index (χ4n) is 5.43. The van der Waals surface area contributed by atoms with Gasteiger partial charge in [0.25, 0.3) is 0 Å². The van der Waals surface area contributed by atoms with Crippen molar-refractivity contribution < 1.29 is 24.2 Å². The molecule has 1 fully saturated rings. The lowest BCUT2D eigenvalue weighted by Crippen LogP contribution is -2.43. The monoisotopic (exact) mass is 422 g/mol. The first-order chi connectivity index (χ1) is 14.0. The van der Waals surface area contributed by atoms with Gasteiger partial charge in [-0.3, -0.25) is 9.59 Å². The van der Waals surface area contributed by atoms with Crippen LogP contribution in [-0.2, 0) is 19.1 Å². The van der Waals surface area contributed by atoms with Gasteiger partial charge in [-0.1, -0.05) is 46.3 Å². The molecule has 172 valence electrons. The SMILES string of the molecule is CC(=O)OC[C@H](CO)OC(=O)CC(C)CC[C@]1(C)C2=CCCC(C)(C)C2CC[C@@H]1C. The summed E-state index contributed by atoms with van der Waals surface area (Å²) in [6, 6.07) is 0. The van der Waals surface area contributed by atoms with Gasteiger partial charge in [-0.05, 0) is 67.1 Å². The predicted octanol–water partition coefficient (Wildman–Crippen LogP) is 5.06. The second-order valence-corrected chi connectivity index (χ2v) is 10.6. The van der Waals surface area contributed by atoms with Crippen LogP contribution in [-0.4, -0.2) is 36.4 Å². The summed E-state index contributed by atoms with van der Waals surface area (Å²) in [6.45, 7) is 12.6. The zero-order valence-electron chi connectivity index (χ0n) is 19.8. The molecular weight excluding hydrogens is 380 g/mol. The lowest BCUT2D eigenvalue weighted by molar-refractivity contribution is -0.161. The molecule has 1 saturated carbocycles. The zero-order chi connectivity index (χ0) is 22.5. The Bertz CT molecular complexity index is 637. The smallest absolute Gasteiger partial charge is 0.306 e. The van der Waals surface area contributed by atoms with E-state index in [4.69, 9.17) is 9.47 Å². The second kappa shape index (κ2) is 10.3. The lowest BCUT2D eigenvalue weighted by atomic mass is 9.52. The molecular formula is C25H42O5. The summed E-state index contributed by atoms with van der Waals surface area (Å²) in [5.41, 5.74) is 2.23. The Morgan fingerprint density at radius 3 is 2.60 bits per heavy atom. The van der Waals surface area contributed by atoms with E-state index in [1.165, 1.54) is 32.6 Å². The van der Waals surface area contributed by atoms with Gasteiger partial charge in [0.05, 0.1) is 6.61 Å². The van der Waals surface area contributed by atoms with E-state index >= 15 is 0 Å². The van der Waals surface area contributed by atoms with Crippen LogP contribution in [0.25, 0.3) is 0 Å². The summed E-state index contributed by atoms with van der Waals surface area (Å²) in [4.78, 5) is 23.2. The molecule has 30 heavy (non-hydrogen) atoms. The van der Waals surface area contributed by atoms with Gasteiger partial charge in [0.15, 0.2) is 6.10 Å². The van der Waals surface area contributed by atoms with Crippen LogP contribution in [0.3, 0.4) is 0 Å². The first-order valence-corrected chi connectivity index (χ1v) is 11.6. The summed E-state index contributed by atoms with van der Waals surface area (Å²) in [6.07, 6.45) is 9.10. The van der Waals surface area contributed by atoms with E-state index in [0.717, 1.165) is 12.8 Å². The first kappa shape index (κ1) is 24.9. The number of allylic oxidation sites excluding steroid dienone is 2. The molecule has 1 N–H and O–H groups in total. The quantitative estimate of drug-likeness (QED) is 0.415. The van der Waals surface area contributed by atoms with E-state index < -0.39 is 12.1 Å². The molecule has 0 amide bonds.